The van der Waals surface area contributed by atoms with Crippen molar-refractivity contribution in [3.63, 3.8) is 0 Å². The molecule has 0 bridgehead atoms. The van der Waals surface area contributed by atoms with Crippen molar-refractivity contribution in [3.05, 3.63) is 12.3 Å². The number of rotatable bonds is 5. The molecule has 1 aromatic heterocycles. The van der Waals surface area contributed by atoms with Crippen molar-refractivity contribution < 1.29 is 14.6 Å². The molecular weight excluding hydrogens is 258 g/mol. The SMILES string of the molecule is CCOC(=O)C1CCC(O)(CNc2ccn(C)n2)CC1. The summed E-state index contributed by atoms with van der Waals surface area (Å²) in [6.07, 6.45) is 4.43. The Hall–Kier alpha value is -1.56. The molecule has 0 aliphatic heterocycles. The Balaban J connectivity index is 1.80. The molecule has 0 aromatic carbocycles. The number of hydrogen-bond donors (Lipinski definition) is 2. The van der Waals surface area contributed by atoms with E-state index in [0.29, 0.717) is 38.8 Å². The standard InChI is InChI=1S/C14H23N3O3/c1-3-20-13(18)11-4-7-14(19,8-5-11)10-15-12-6-9-17(2)16-12/h6,9,11,19H,3-5,7-8,10H2,1-2H3,(H,15,16). The summed E-state index contributed by atoms with van der Waals surface area (Å²) < 4.78 is 6.74. The third-order valence-electron chi connectivity index (χ3n) is 3.85. The number of nitrogens with one attached hydrogen (secondary N) is 1. The van der Waals surface area contributed by atoms with Crippen molar-refractivity contribution in [2.75, 3.05) is 18.5 Å². The van der Waals surface area contributed by atoms with Gasteiger partial charge in [0, 0.05) is 25.9 Å². The highest BCUT2D eigenvalue weighted by molar-refractivity contribution is 5.72. The molecule has 1 aliphatic carbocycles. The monoisotopic (exact) mass is 281 g/mol. The molecule has 1 aliphatic rings. The van der Waals surface area contributed by atoms with Gasteiger partial charge in [0.15, 0.2) is 0 Å². The van der Waals surface area contributed by atoms with E-state index in [1.165, 1.54) is 0 Å². The van der Waals surface area contributed by atoms with Crippen LogP contribution in [0.5, 0.6) is 0 Å². The molecule has 2 N–H and O–H groups in total. The van der Waals surface area contributed by atoms with E-state index in [-0.39, 0.29) is 11.9 Å². The summed E-state index contributed by atoms with van der Waals surface area (Å²) in [4.78, 5) is 11.7. The maximum absolute atomic E-state index is 11.7. The summed E-state index contributed by atoms with van der Waals surface area (Å²) >= 11 is 0. The van der Waals surface area contributed by atoms with Gasteiger partial charge < -0.3 is 15.2 Å². The highest BCUT2D eigenvalue weighted by atomic mass is 16.5. The van der Waals surface area contributed by atoms with Gasteiger partial charge in [0.2, 0.25) is 0 Å². The third kappa shape index (κ3) is 3.72. The third-order valence-corrected chi connectivity index (χ3v) is 3.85. The molecular formula is C14H23N3O3. The Morgan fingerprint density at radius 1 is 1.60 bits per heavy atom. The second-order valence-corrected chi connectivity index (χ2v) is 5.48. The second kappa shape index (κ2) is 6.26. The Morgan fingerprint density at radius 2 is 2.30 bits per heavy atom. The molecule has 1 fully saturated rings. The first kappa shape index (κ1) is 14.8. The lowest BCUT2D eigenvalue weighted by Gasteiger charge is -2.35. The zero-order valence-corrected chi connectivity index (χ0v) is 12.1. The predicted molar refractivity (Wildman–Crippen MR) is 75.2 cm³/mol. The van der Waals surface area contributed by atoms with Crippen molar-refractivity contribution >= 4 is 11.8 Å². The minimum Gasteiger partial charge on any atom is -0.466 e. The number of aromatic nitrogens is 2. The first-order chi connectivity index (χ1) is 9.52. The van der Waals surface area contributed by atoms with Crippen LogP contribution in [0.25, 0.3) is 0 Å². The number of carbonyl (C=O) groups excluding carboxylic acids is 1. The van der Waals surface area contributed by atoms with Crippen LogP contribution in [0.3, 0.4) is 0 Å². The number of anilines is 1. The Bertz CT molecular complexity index is 450. The van der Waals surface area contributed by atoms with Crippen molar-refractivity contribution in [2.45, 2.75) is 38.2 Å². The normalized spacial score (nSPS) is 26.2. The van der Waals surface area contributed by atoms with Crippen molar-refractivity contribution in [1.29, 1.82) is 0 Å². The van der Waals surface area contributed by atoms with Gasteiger partial charge in [-0.25, -0.2) is 0 Å². The molecule has 20 heavy (non-hydrogen) atoms. The van der Waals surface area contributed by atoms with Gasteiger partial charge >= 0.3 is 5.97 Å². The summed E-state index contributed by atoms with van der Waals surface area (Å²) in [6.45, 7) is 2.69. The van der Waals surface area contributed by atoms with Gasteiger partial charge in [0.25, 0.3) is 0 Å². The lowest BCUT2D eigenvalue weighted by molar-refractivity contribution is -0.150. The van der Waals surface area contributed by atoms with Crippen LogP contribution >= 0.6 is 0 Å². The summed E-state index contributed by atoms with van der Waals surface area (Å²) in [5.41, 5.74) is -0.763. The zero-order valence-electron chi connectivity index (χ0n) is 12.1. The quantitative estimate of drug-likeness (QED) is 0.796. The van der Waals surface area contributed by atoms with Crippen LogP contribution in [0.1, 0.15) is 32.6 Å². The van der Waals surface area contributed by atoms with Crippen LogP contribution in [0.2, 0.25) is 0 Å². The molecule has 0 radical (unpaired) electrons. The summed E-state index contributed by atoms with van der Waals surface area (Å²) in [7, 11) is 1.85. The van der Waals surface area contributed by atoms with E-state index in [9.17, 15) is 9.90 Å². The summed E-state index contributed by atoms with van der Waals surface area (Å²) in [5.74, 6) is 0.561. The van der Waals surface area contributed by atoms with Crippen LogP contribution in [0.4, 0.5) is 5.82 Å². The van der Waals surface area contributed by atoms with Crippen molar-refractivity contribution in [2.24, 2.45) is 13.0 Å². The number of ether oxygens (including phenoxy) is 1. The van der Waals surface area contributed by atoms with Crippen LogP contribution in [0, 0.1) is 5.92 Å². The fourth-order valence-corrected chi connectivity index (χ4v) is 2.59. The van der Waals surface area contributed by atoms with E-state index in [1.54, 1.807) is 4.68 Å². The molecule has 0 amide bonds. The van der Waals surface area contributed by atoms with Gasteiger partial charge in [-0.05, 0) is 32.6 Å². The average molecular weight is 281 g/mol. The maximum Gasteiger partial charge on any atom is 0.308 e. The molecule has 2 rings (SSSR count). The van der Waals surface area contributed by atoms with Gasteiger partial charge in [0.05, 0.1) is 18.1 Å². The molecule has 1 saturated carbocycles. The number of esters is 1. The highest BCUT2D eigenvalue weighted by Gasteiger charge is 2.36. The zero-order chi connectivity index (χ0) is 14.6. The van der Waals surface area contributed by atoms with Crippen LogP contribution in [-0.4, -0.2) is 39.6 Å². The Morgan fingerprint density at radius 3 is 2.85 bits per heavy atom. The van der Waals surface area contributed by atoms with Crippen LogP contribution in [0.15, 0.2) is 12.3 Å². The van der Waals surface area contributed by atoms with E-state index >= 15 is 0 Å². The number of hydrogen-bond acceptors (Lipinski definition) is 5. The fourth-order valence-electron chi connectivity index (χ4n) is 2.59. The van der Waals surface area contributed by atoms with E-state index in [0.717, 1.165) is 5.82 Å². The topological polar surface area (TPSA) is 76.4 Å². The van der Waals surface area contributed by atoms with E-state index in [2.05, 4.69) is 10.4 Å². The Kier molecular flexibility index (Phi) is 4.65. The minimum atomic E-state index is -0.763. The lowest BCUT2D eigenvalue weighted by Crippen LogP contribution is -2.42. The predicted octanol–water partition coefficient (Wildman–Crippen LogP) is 1.32. The summed E-state index contributed by atoms with van der Waals surface area (Å²) in [6, 6.07) is 1.87. The number of carbonyl (C=O) groups is 1. The van der Waals surface area contributed by atoms with Crippen molar-refractivity contribution in [1.82, 2.24) is 9.78 Å². The van der Waals surface area contributed by atoms with E-state index in [1.807, 2.05) is 26.2 Å². The molecule has 6 nitrogen and oxygen atoms in total. The lowest BCUT2D eigenvalue weighted by atomic mass is 9.79. The van der Waals surface area contributed by atoms with Gasteiger partial charge in [-0.15, -0.1) is 0 Å². The molecule has 0 atom stereocenters. The molecule has 0 spiro atoms. The van der Waals surface area contributed by atoms with Gasteiger partial charge in [0.1, 0.15) is 5.82 Å². The molecule has 0 saturated heterocycles. The highest BCUT2D eigenvalue weighted by Crippen LogP contribution is 2.32. The molecule has 6 heteroatoms. The smallest absolute Gasteiger partial charge is 0.308 e. The van der Waals surface area contributed by atoms with Gasteiger partial charge in [-0.3, -0.25) is 9.48 Å². The minimum absolute atomic E-state index is 0.0647. The molecule has 0 unspecified atom stereocenters. The molecule has 1 heterocycles. The largest absolute Gasteiger partial charge is 0.466 e. The average Bonchev–Trinajstić information content (AvgIpc) is 2.84. The fraction of sp³-hybridized carbons (Fsp3) is 0.714. The van der Waals surface area contributed by atoms with E-state index < -0.39 is 5.60 Å². The molecule has 1 aromatic rings. The van der Waals surface area contributed by atoms with Gasteiger partial charge in [-0.2, -0.15) is 5.10 Å². The van der Waals surface area contributed by atoms with Crippen LogP contribution in [-0.2, 0) is 16.6 Å². The van der Waals surface area contributed by atoms with E-state index in [4.69, 9.17) is 4.74 Å². The number of aryl methyl sites for hydroxylation is 1. The Labute approximate surface area is 119 Å². The van der Waals surface area contributed by atoms with Gasteiger partial charge in [-0.1, -0.05) is 0 Å². The van der Waals surface area contributed by atoms with Crippen LogP contribution < -0.4 is 5.32 Å². The first-order valence-corrected chi connectivity index (χ1v) is 7.15. The number of nitrogens with zero attached hydrogens (tertiary/aromatic N) is 2. The van der Waals surface area contributed by atoms with Crippen molar-refractivity contribution in [3.8, 4) is 0 Å². The second-order valence-electron chi connectivity index (χ2n) is 5.48. The maximum atomic E-state index is 11.7. The number of aliphatic hydroxyl groups is 1. The first-order valence-electron chi connectivity index (χ1n) is 7.15. The summed E-state index contributed by atoms with van der Waals surface area (Å²) in [5, 5.41) is 17.9. The molecule has 112 valence electrons.